The normalized spacial score (nSPS) is 9.94. The van der Waals surface area contributed by atoms with E-state index >= 15 is 0 Å². The smallest absolute Gasteiger partial charge is 0.314 e. The maximum Gasteiger partial charge on any atom is 0.314 e. The summed E-state index contributed by atoms with van der Waals surface area (Å²) in [5.41, 5.74) is 0. The van der Waals surface area contributed by atoms with Gasteiger partial charge in [0.1, 0.15) is 6.42 Å². The number of carbonyl (C=O) groups is 2. The quantitative estimate of drug-likeness (QED) is 0.533. The largest absolute Gasteiger partial charge is 0.481 e. The zero-order chi connectivity index (χ0) is 13.5. The molecular formula is C9H10O7S. The second-order valence-electron chi connectivity index (χ2n) is 2.75. The highest BCUT2D eigenvalue weighted by atomic mass is 32.2. The van der Waals surface area contributed by atoms with E-state index in [4.69, 9.17) is 14.8 Å². The third kappa shape index (κ3) is 7.94. The molecule has 0 aliphatic rings. The Kier molecular flexibility index (Phi) is 5.86. The van der Waals surface area contributed by atoms with Gasteiger partial charge in [-0.1, -0.05) is 18.2 Å². The van der Waals surface area contributed by atoms with Crippen LogP contribution in [0.3, 0.4) is 0 Å². The molecule has 0 aromatic heterocycles. The summed E-state index contributed by atoms with van der Waals surface area (Å²) in [6, 6.07) is 7.42. The van der Waals surface area contributed by atoms with Crippen molar-refractivity contribution >= 4 is 22.1 Å². The average molecular weight is 262 g/mol. The van der Waals surface area contributed by atoms with Gasteiger partial charge in [0.25, 0.3) is 10.1 Å². The van der Waals surface area contributed by atoms with Crippen LogP contribution in [-0.2, 0) is 19.7 Å². The second kappa shape index (κ2) is 6.61. The number of carboxylic acids is 2. The van der Waals surface area contributed by atoms with Crippen LogP contribution < -0.4 is 0 Å². The molecule has 1 aromatic carbocycles. The molecule has 1 rings (SSSR count). The number of aliphatic carboxylic acids is 2. The first-order chi connectivity index (χ1) is 7.73. The maximum atomic E-state index is 10.4. The van der Waals surface area contributed by atoms with Gasteiger partial charge in [0.05, 0.1) is 4.90 Å². The van der Waals surface area contributed by atoms with Crippen LogP contribution in [0.1, 0.15) is 6.42 Å². The minimum absolute atomic E-state index is 0.0741. The molecule has 0 aliphatic heterocycles. The number of rotatable bonds is 3. The summed E-state index contributed by atoms with van der Waals surface area (Å²) in [6.07, 6.45) is -0.806. The topological polar surface area (TPSA) is 129 Å². The lowest BCUT2D eigenvalue weighted by molar-refractivity contribution is -0.147. The Morgan fingerprint density at radius 1 is 1.00 bits per heavy atom. The van der Waals surface area contributed by atoms with E-state index in [1.54, 1.807) is 18.2 Å². The lowest BCUT2D eigenvalue weighted by Crippen LogP contribution is -2.03. The Hall–Kier alpha value is -1.93. The van der Waals surface area contributed by atoms with Crippen LogP contribution in [0, 0.1) is 0 Å². The zero-order valence-corrected chi connectivity index (χ0v) is 9.29. The van der Waals surface area contributed by atoms with E-state index in [1.165, 1.54) is 12.1 Å². The highest BCUT2D eigenvalue weighted by Crippen LogP contribution is 2.05. The molecule has 0 unspecified atom stereocenters. The summed E-state index contributed by atoms with van der Waals surface area (Å²) in [5.74, 6) is -2.62. The van der Waals surface area contributed by atoms with Crippen LogP contribution in [0.25, 0.3) is 0 Å². The van der Waals surface area contributed by atoms with Crippen molar-refractivity contribution in [1.29, 1.82) is 0 Å². The zero-order valence-electron chi connectivity index (χ0n) is 8.48. The molecule has 0 heterocycles. The van der Waals surface area contributed by atoms with Crippen molar-refractivity contribution in [2.24, 2.45) is 0 Å². The summed E-state index contributed by atoms with van der Waals surface area (Å²) in [4.78, 5) is 18.8. The van der Waals surface area contributed by atoms with E-state index in [-0.39, 0.29) is 4.90 Å². The minimum atomic E-state index is -4.00. The lowest BCUT2D eigenvalue weighted by Gasteiger charge is -1.92. The number of carboxylic acid groups (broad SMARTS) is 2. The first-order valence-corrected chi connectivity index (χ1v) is 5.63. The van der Waals surface area contributed by atoms with E-state index in [1.807, 2.05) is 0 Å². The van der Waals surface area contributed by atoms with Crippen LogP contribution in [0.2, 0.25) is 0 Å². The number of benzene rings is 1. The molecule has 0 fully saturated rings. The fourth-order valence-electron chi connectivity index (χ4n) is 0.722. The second-order valence-corrected chi connectivity index (χ2v) is 4.17. The molecule has 0 aliphatic carbocycles. The molecule has 17 heavy (non-hydrogen) atoms. The summed E-state index contributed by atoms with van der Waals surface area (Å²) >= 11 is 0. The Morgan fingerprint density at radius 2 is 1.41 bits per heavy atom. The van der Waals surface area contributed by atoms with Gasteiger partial charge in [-0.05, 0) is 12.1 Å². The molecule has 7 nitrogen and oxygen atoms in total. The van der Waals surface area contributed by atoms with Gasteiger partial charge in [-0.25, -0.2) is 0 Å². The van der Waals surface area contributed by atoms with Gasteiger partial charge in [-0.2, -0.15) is 8.42 Å². The minimum Gasteiger partial charge on any atom is -0.481 e. The van der Waals surface area contributed by atoms with E-state index in [9.17, 15) is 18.0 Å². The molecule has 94 valence electrons. The molecule has 8 heteroatoms. The first kappa shape index (κ1) is 15.1. The van der Waals surface area contributed by atoms with Gasteiger partial charge < -0.3 is 10.2 Å². The monoisotopic (exact) mass is 262 g/mol. The Balaban J connectivity index is 0.000000325. The lowest BCUT2D eigenvalue weighted by atomic mass is 10.4. The van der Waals surface area contributed by atoms with Crippen molar-refractivity contribution in [2.75, 3.05) is 0 Å². The third-order valence-electron chi connectivity index (χ3n) is 1.34. The molecule has 0 amide bonds. The van der Waals surface area contributed by atoms with Crippen LogP contribution in [0.5, 0.6) is 0 Å². The van der Waals surface area contributed by atoms with Crippen molar-refractivity contribution in [3.05, 3.63) is 30.3 Å². The third-order valence-corrected chi connectivity index (χ3v) is 2.21. The fraction of sp³-hybridized carbons (Fsp3) is 0.111. The summed E-state index contributed by atoms with van der Waals surface area (Å²) in [5, 5.41) is 15.4. The van der Waals surface area contributed by atoms with Crippen molar-refractivity contribution in [2.45, 2.75) is 11.3 Å². The van der Waals surface area contributed by atoms with Gasteiger partial charge in [0, 0.05) is 0 Å². The van der Waals surface area contributed by atoms with Crippen molar-refractivity contribution in [3.8, 4) is 0 Å². The van der Waals surface area contributed by atoms with Gasteiger partial charge >= 0.3 is 11.9 Å². The van der Waals surface area contributed by atoms with Crippen LogP contribution in [0.4, 0.5) is 0 Å². The van der Waals surface area contributed by atoms with E-state index < -0.39 is 28.5 Å². The molecule has 0 radical (unpaired) electrons. The Bertz CT molecular complexity index is 465. The molecule has 0 saturated heterocycles. The maximum absolute atomic E-state index is 10.4. The summed E-state index contributed by atoms with van der Waals surface area (Å²) in [6.45, 7) is 0. The first-order valence-electron chi connectivity index (χ1n) is 4.19. The van der Waals surface area contributed by atoms with Gasteiger partial charge in [-0.15, -0.1) is 0 Å². The van der Waals surface area contributed by atoms with Gasteiger partial charge in [-0.3, -0.25) is 14.1 Å². The highest BCUT2D eigenvalue weighted by Gasteiger charge is 2.05. The van der Waals surface area contributed by atoms with Crippen LogP contribution in [-0.4, -0.2) is 35.1 Å². The Morgan fingerprint density at radius 3 is 1.59 bits per heavy atom. The van der Waals surface area contributed by atoms with Crippen molar-refractivity contribution in [3.63, 3.8) is 0 Å². The average Bonchev–Trinajstić information content (AvgIpc) is 2.16. The molecule has 0 saturated carbocycles. The van der Waals surface area contributed by atoms with E-state index in [2.05, 4.69) is 0 Å². The molecule has 3 N–H and O–H groups in total. The standard InChI is InChI=1S/C6H6O3S.C3H4O4/c7-10(8,9)6-4-2-1-3-5-6;4-2(5)1-3(6)7/h1-5H,(H,7,8,9);1H2,(H,4,5)(H,6,7). The molecular weight excluding hydrogens is 252 g/mol. The van der Waals surface area contributed by atoms with Crippen LogP contribution in [0.15, 0.2) is 35.2 Å². The molecule has 0 bridgehead atoms. The summed E-state index contributed by atoms with van der Waals surface area (Å²) < 4.78 is 29.2. The van der Waals surface area contributed by atoms with Crippen molar-refractivity contribution < 1.29 is 32.8 Å². The molecule has 1 aromatic rings. The fourth-order valence-corrected chi connectivity index (χ4v) is 1.22. The number of hydrogen-bond acceptors (Lipinski definition) is 4. The van der Waals surface area contributed by atoms with Gasteiger partial charge in [0.2, 0.25) is 0 Å². The van der Waals surface area contributed by atoms with Crippen molar-refractivity contribution in [1.82, 2.24) is 0 Å². The molecule has 0 spiro atoms. The molecule has 0 atom stereocenters. The summed E-state index contributed by atoms with van der Waals surface area (Å²) in [7, 11) is -4.00. The van der Waals surface area contributed by atoms with Crippen LogP contribution >= 0.6 is 0 Å². The van der Waals surface area contributed by atoms with E-state index in [0.29, 0.717) is 0 Å². The predicted molar refractivity (Wildman–Crippen MR) is 56.1 cm³/mol. The Labute approximate surface area is 97.1 Å². The van der Waals surface area contributed by atoms with Gasteiger partial charge in [0.15, 0.2) is 0 Å². The van der Waals surface area contributed by atoms with E-state index in [0.717, 1.165) is 0 Å². The SMILES string of the molecule is O=C(O)CC(=O)O.O=S(=O)(O)c1ccccc1. The highest BCUT2D eigenvalue weighted by molar-refractivity contribution is 7.85. The predicted octanol–water partition coefficient (Wildman–Crippen LogP) is 0.479. The number of hydrogen-bond donors (Lipinski definition) is 3.